The summed E-state index contributed by atoms with van der Waals surface area (Å²) in [6.45, 7) is 2.36. The first kappa shape index (κ1) is 11.7. The van der Waals surface area contributed by atoms with Crippen LogP contribution in [0.15, 0.2) is 0 Å². The zero-order valence-corrected chi connectivity index (χ0v) is 7.09. The monoisotopic (exact) mass is 183 g/mol. The summed E-state index contributed by atoms with van der Waals surface area (Å²) < 4.78 is 27.5. The number of hydrogen-bond acceptors (Lipinski definition) is 3. The molecule has 0 aliphatic carbocycles. The molecule has 0 heterocycles. The molecule has 0 aliphatic heterocycles. The Hall–Kier alpha value is -0.260. The van der Waals surface area contributed by atoms with E-state index in [4.69, 9.17) is 5.11 Å². The predicted molar refractivity (Wildman–Crippen MR) is 41.4 cm³/mol. The van der Waals surface area contributed by atoms with E-state index in [2.05, 4.69) is 10.1 Å². The van der Waals surface area contributed by atoms with Crippen molar-refractivity contribution in [3.63, 3.8) is 0 Å². The molecule has 12 heavy (non-hydrogen) atoms. The number of halogens is 2. The van der Waals surface area contributed by atoms with Gasteiger partial charge in [0, 0.05) is 6.54 Å². The van der Waals surface area contributed by atoms with Crippen LogP contribution in [-0.2, 0) is 4.74 Å². The van der Waals surface area contributed by atoms with E-state index >= 15 is 0 Å². The first-order valence-electron chi connectivity index (χ1n) is 3.91. The van der Waals surface area contributed by atoms with Crippen LogP contribution < -0.4 is 5.32 Å². The van der Waals surface area contributed by atoms with Crippen LogP contribution in [0.3, 0.4) is 0 Å². The first-order valence-corrected chi connectivity index (χ1v) is 3.91. The molecule has 0 radical (unpaired) electrons. The van der Waals surface area contributed by atoms with Gasteiger partial charge in [0.15, 0.2) is 0 Å². The summed E-state index contributed by atoms with van der Waals surface area (Å²) in [5.74, 6) is 0. The van der Waals surface area contributed by atoms with Gasteiger partial charge in [-0.3, -0.25) is 0 Å². The van der Waals surface area contributed by atoms with E-state index in [1.165, 1.54) is 0 Å². The van der Waals surface area contributed by atoms with Gasteiger partial charge in [-0.1, -0.05) is 6.92 Å². The number of likely N-dealkylation sites (N-methyl/N-ethyl adjacent to an activating group) is 1. The lowest BCUT2D eigenvalue weighted by atomic mass is 10.4. The van der Waals surface area contributed by atoms with Crippen molar-refractivity contribution >= 4 is 0 Å². The van der Waals surface area contributed by atoms with Gasteiger partial charge < -0.3 is 15.2 Å². The number of aliphatic hydroxyl groups excluding tert-OH is 1. The lowest BCUT2D eigenvalue weighted by molar-refractivity contribution is -0.0190. The first-order chi connectivity index (χ1) is 5.66. The van der Waals surface area contributed by atoms with E-state index in [1.807, 2.05) is 6.92 Å². The fourth-order valence-electron chi connectivity index (χ4n) is 0.663. The SMILES string of the molecule is CCNCC(O)COCC(F)F. The van der Waals surface area contributed by atoms with Crippen LogP contribution in [0.5, 0.6) is 0 Å². The lowest BCUT2D eigenvalue weighted by Crippen LogP contribution is -2.30. The Morgan fingerprint density at radius 1 is 1.42 bits per heavy atom. The molecule has 1 atom stereocenters. The summed E-state index contributed by atoms with van der Waals surface area (Å²) in [7, 11) is 0. The predicted octanol–water partition coefficient (Wildman–Crippen LogP) is 0.239. The average Bonchev–Trinajstić information content (AvgIpc) is 2.00. The highest BCUT2D eigenvalue weighted by molar-refractivity contribution is 4.56. The molecule has 0 saturated carbocycles. The van der Waals surface area contributed by atoms with Crippen LogP contribution in [0.2, 0.25) is 0 Å². The number of aliphatic hydroxyl groups is 1. The largest absolute Gasteiger partial charge is 0.389 e. The quantitative estimate of drug-likeness (QED) is 0.594. The molecule has 0 bridgehead atoms. The second-order valence-electron chi connectivity index (χ2n) is 2.39. The minimum Gasteiger partial charge on any atom is -0.389 e. The lowest BCUT2D eigenvalue weighted by Gasteiger charge is -2.10. The van der Waals surface area contributed by atoms with Gasteiger partial charge in [0.05, 0.1) is 12.7 Å². The van der Waals surface area contributed by atoms with Gasteiger partial charge in [0.2, 0.25) is 0 Å². The third kappa shape index (κ3) is 7.84. The molecule has 0 aromatic carbocycles. The van der Waals surface area contributed by atoms with Gasteiger partial charge in [0.1, 0.15) is 6.61 Å². The maximum atomic E-state index is 11.5. The van der Waals surface area contributed by atoms with Crippen molar-refractivity contribution < 1.29 is 18.6 Å². The van der Waals surface area contributed by atoms with Crippen LogP contribution >= 0.6 is 0 Å². The number of nitrogens with one attached hydrogen (secondary N) is 1. The molecule has 0 aromatic rings. The fourth-order valence-corrected chi connectivity index (χ4v) is 0.663. The van der Waals surface area contributed by atoms with E-state index < -0.39 is 19.1 Å². The molecule has 74 valence electrons. The molecule has 3 nitrogen and oxygen atoms in total. The molecule has 1 unspecified atom stereocenters. The van der Waals surface area contributed by atoms with Crippen molar-refractivity contribution in [2.24, 2.45) is 0 Å². The van der Waals surface area contributed by atoms with Crippen molar-refractivity contribution in [2.75, 3.05) is 26.3 Å². The fraction of sp³-hybridized carbons (Fsp3) is 1.00. The summed E-state index contributed by atoms with van der Waals surface area (Å²) in [4.78, 5) is 0. The molecule has 0 aliphatic rings. The summed E-state index contributed by atoms with van der Waals surface area (Å²) in [6.07, 6.45) is -3.17. The Kier molecular flexibility index (Phi) is 7.23. The maximum Gasteiger partial charge on any atom is 0.261 e. The van der Waals surface area contributed by atoms with Crippen LogP contribution in [0.4, 0.5) is 8.78 Å². The van der Waals surface area contributed by atoms with E-state index in [1.54, 1.807) is 0 Å². The van der Waals surface area contributed by atoms with Gasteiger partial charge in [-0.15, -0.1) is 0 Å². The molecule has 0 fully saturated rings. The summed E-state index contributed by atoms with van der Waals surface area (Å²) in [5.41, 5.74) is 0. The number of rotatable bonds is 7. The Balaban J connectivity index is 3.13. The van der Waals surface area contributed by atoms with Crippen LogP contribution in [0.25, 0.3) is 0 Å². The molecular formula is C7H15F2NO2. The summed E-state index contributed by atoms with van der Waals surface area (Å²) in [6, 6.07) is 0. The van der Waals surface area contributed by atoms with Crippen molar-refractivity contribution in [3.8, 4) is 0 Å². The van der Waals surface area contributed by atoms with E-state index in [-0.39, 0.29) is 6.61 Å². The summed E-state index contributed by atoms with van der Waals surface area (Å²) >= 11 is 0. The smallest absolute Gasteiger partial charge is 0.261 e. The summed E-state index contributed by atoms with van der Waals surface area (Å²) in [5, 5.41) is 11.9. The zero-order chi connectivity index (χ0) is 9.40. The number of ether oxygens (including phenoxy) is 1. The Bertz CT molecular complexity index is 103. The molecular weight excluding hydrogens is 168 g/mol. The van der Waals surface area contributed by atoms with Gasteiger partial charge in [-0.2, -0.15) is 0 Å². The standard InChI is InChI=1S/C7H15F2NO2/c1-2-10-3-6(11)4-12-5-7(8)9/h6-7,10-11H,2-5H2,1H3. The van der Waals surface area contributed by atoms with Crippen molar-refractivity contribution in [1.29, 1.82) is 0 Å². The van der Waals surface area contributed by atoms with Gasteiger partial charge in [-0.25, -0.2) is 8.78 Å². The van der Waals surface area contributed by atoms with Crippen LogP contribution in [0.1, 0.15) is 6.92 Å². The highest BCUT2D eigenvalue weighted by Gasteiger charge is 2.06. The molecule has 0 spiro atoms. The zero-order valence-electron chi connectivity index (χ0n) is 7.09. The normalized spacial score (nSPS) is 13.8. The number of hydrogen-bond donors (Lipinski definition) is 2. The van der Waals surface area contributed by atoms with E-state index in [0.717, 1.165) is 6.54 Å². The third-order valence-corrected chi connectivity index (χ3v) is 1.18. The third-order valence-electron chi connectivity index (χ3n) is 1.18. The maximum absolute atomic E-state index is 11.5. The van der Waals surface area contributed by atoms with E-state index in [9.17, 15) is 8.78 Å². The van der Waals surface area contributed by atoms with Crippen molar-refractivity contribution in [3.05, 3.63) is 0 Å². The van der Waals surface area contributed by atoms with Gasteiger partial charge in [-0.05, 0) is 6.54 Å². The molecule has 0 amide bonds. The molecule has 0 rings (SSSR count). The Morgan fingerprint density at radius 2 is 2.08 bits per heavy atom. The minimum atomic E-state index is -2.46. The van der Waals surface area contributed by atoms with Gasteiger partial charge in [0.25, 0.3) is 6.43 Å². The van der Waals surface area contributed by atoms with Crippen LogP contribution in [0, 0.1) is 0 Å². The topological polar surface area (TPSA) is 41.5 Å². The average molecular weight is 183 g/mol. The Labute approximate surface area is 70.7 Å². The highest BCUT2D eigenvalue weighted by Crippen LogP contribution is 1.93. The Morgan fingerprint density at radius 3 is 2.58 bits per heavy atom. The van der Waals surface area contributed by atoms with Crippen molar-refractivity contribution in [2.45, 2.75) is 19.5 Å². The highest BCUT2D eigenvalue weighted by atomic mass is 19.3. The molecule has 0 aromatic heterocycles. The van der Waals surface area contributed by atoms with Crippen LogP contribution in [-0.4, -0.2) is 43.9 Å². The second-order valence-corrected chi connectivity index (χ2v) is 2.39. The van der Waals surface area contributed by atoms with E-state index in [0.29, 0.717) is 6.54 Å². The number of alkyl halides is 2. The molecule has 5 heteroatoms. The minimum absolute atomic E-state index is 0.0443. The van der Waals surface area contributed by atoms with Crippen molar-refractivity contribution in [1.82, 2.24) is 5.32 Å². The van der Waals surface area contributed by atoms with Gasteiger partial charge >= 0.3 is 0 Å². The molecule has 2 N–H and O–H groups in total. The molecule has 0 saturated heterocycles. The second kappa shape index (κ2) is 7.39.